The molecule has 138 valence electrons. The zero-order chi connectivity index (χ0) is 19.4. The van der Waals surface area contributed by atoms with Crippen LogP contribution in [-0.4, -0.2) is 9.97 Å². The maximum atomic E-state index is 6.20. The molecule has 0 fully saturated rings. The van der Waals surface area contributed by atoms with Crippen LogP contribution in [0.25, 0.3) is 15.8 Å². The Kier molecular flexibility index (Phi) is 6.42. The second-order valence-electron chi connectivity index (χ2n) is 5.77. The molecule has 0 aliphatic heterocycles. The molecule has 0 spiro atoms. The molecule has 1 aromatic carbocycles. The Hall–Kier alpha value is -2.01. The Balaban J connectivity index is 2.05. The smallest absolute Gasteiger partial charge is 0.146 e. The number of hydrogen-bond donors (Lipinski definition) is 0. The van der Waals surface area contributed by atoms with Crippen molar-refractivity contribution in [2.45, 2.75) is 20.5 Å². The first-order valence-electron chi connectivity index (χ1n) is 8.30. The predicted molar refractivity (Wildman–Crippen MR) is 117 cm³/mol. The van der Waals surface area contributed by atoms with E-state index in [1.807, 2.05) is 37.5 Å². The molecule has 0 aliphatic carbocycles. The number of allylic oxidation sites excluding steroid dienone is 1. The monoisotopic (exact) mass is 416 g/mol. The maximum absolute atomic E-state index is 6.20. The molecular formula is C21H18Cl2N2OS. The third-order valence-corrected chi connectivity index (χ3v) is 5.52. The number of halogens is 2. The topological polar surface area (TPSA) is 35.0 Å². The number of para-hydroxylation sites is 1. The van der Waals surface area contributed by atoms with Gasteiger partial charge in [0, 0.05) is 33.9 Å². The van der Waals surface area contributed by atoms with E-state index >= 15 is 0 Å². The van der Waals surface area contributed by atoms with Crippen molar-refractivity contribution in [3.05, 3.63) is 81.6 Å². The lowest BCUT2D eigenvalue weighted by atomic mass is 10.1. The minimum absolute atomic E-state index is 0.238. The van der Waals surface area contributed by atoms with E-state index in [-0.39, 0.29) is 6.61 Å². The van der Waals surface area contributed by atoms with Crippen molar-refractivity contribution in [2.75, 3.05) is 0 Å². The van der Waals surface area contributed by atoms with Gasteiger partial charge in [-0.1, -0.05) is 59.8 Å². The van der Waals surface area contributed by atoms with Crippen LogP contribution in [0.2, 0.25) is 10.0 Å². The first-order valence-corrected chi connectivity index (χ1v) is 9.94. The minimum Gasteiger partial charge on any atom is -0.487 e. The summed E-state index contributed by atoms with van der Waals surface area (Å²) in [5.74, 6) is 0.681. The van der Waals surface area contributed by atoms with Gasteiger partial charge < -0.3 is 4.74 Å². The number of fused-ring (bicyclic) bond motifs is 1. The third kappa shape index (κ3) is 4.29. The van der Waals surface area contributed by atoms with Gasteiger partial charge in [-0.25, -0.2) is 4.98 Å². The van der Waals surface area contributed by atoms with Gasteiger partial charge in [-0.05, 0) is 37.0 Å². The van der Waals surface area contributed by atoms with Crippen molar-refractivity contribution >= 4 is 50.8 Å². The van der Waals surface area contributed by atoms with E-state index in [4.69, 9.17) is 32.9 Å². The predicted octanol–water partition coefficient (Wildman–Crippen LogP) is 7.06. The van der Waals surface area contributed by atoms with Crippen molar-refractivity contribution in [3.8, 4) is 5.75 Å². The summed E-state index contributed by atoms with van der Waals surface area (Å²) in [7, 11) is 0. The van der Waals surface area contributed by atoms with E-state index in [2.05, 4.69) is 23.7 Å². The number of aryl methyl sites for hydroxylation is 1. The molecule has 2 aromatic heterocycles. The Bertz CT molecular complexity index is 1010. The fourth-order valence-corrected chi connectivity index (χ4v) is 3.86. The molecule has 0 radical (unpaired) electrons. The average Bonchev–Trinajstić information content (AvgIpc) is 2.65. The minimum atomic E-state index is 0.238. The summed E-state index contributed by atoms with van der Waals surface area (Å²) in [6, 6.07) is 7.98. The summed E-state index contributed by atoms with van der Waals surface area (Å²) in [5.41, 5.74) is 3.53. The molecule has 0 atom stereocenters. The molecule has 6 heteroatoms. The third-order valence-electron chi connectivity index (χ3n) is 3.99. The first-order chi connectivity index (χ1) is 13.0. The highest BCUT2D eigenvalue weighted by Crippen LogP contribution is 2.36. The molecule has 0 amide bonds. The highest BCUT2D eigenvalue weighted by Gasteiger charge is 2.13. The molecule has 0 saturated heterocycles. The summed E-state index contributed by atoms with van der Waals surface area (Å²) >= 11 is 14.0. The number of aromatic nitrogens is 2. The highest BCUT2D eigenvalue weighted by molar-refractivity contribution is 8.10. The molecule has 2 heterocycles. The fourth-order valence-electron chi connectivity index (χ4n) is 2.77. The van der Waals surface area contributed by atoms with Crippen molar-refractivity contribution in [1.82, 2.24) is 9.97 Å². The first kappa shape index (κ1) is 19.7. The van der Waals surface area contributed by atoms with Gasteiger partial charge in [0.2, 0.25) is 0 Å². The number of rotatable bonds is 6. The van der Waals surface area contributed by atoms with Crippen LogP contribution in [0, 0.1) is 6.92 Å². The second-order valence-corrected chi connectivity index (χ2v) is 7.59. The zero-order valence-electron chi connectivity index (χ0n) is 15.0. The second kappa shape index (κ2) is 8.79. The average molecular weight is 417 g/mol. The van der Waals surface area contributed by atoms with Crippen LogP contribution in [-0.2, 0) is 6.61 Å². The van der Waals surface area contributed by atoms with Crippen LogP contribution in [0.3, 0.4) is 0 Å². The summed E-state index contributed by atoms with van der Waals surface area (Å²) in [5, 5.41) is 3.80. The molecule has 27 heavy (non-hydrogen) atoms. The van der Waals surface area contributed by atoms with Gasteiger partial charge in [0.15, 0.2) is 0 Å². The Labute approximate surface area is 173 Å². The number of pyridine rings is 2. The van der Waals surface area contributed by atoms with E-state index in [1.54, 1.807) is 24.2 Å². The normalized spacial score (nSPS) is 11.6. The van der Waals surface area contributed by atoms with E-state index in [9.17, 15) is 0 Å². The van der Waals surface area contributed by atoms with Gasteiger partial charge in [0.1, 0.15) is 17.9 Å². The van der Waals surface area contributed by atoms with Crippen LogP contribution < -0.4 is 4.74 Å². The zero-order valence-corrected chi connectivity index (χ0v) is 17.3. The largest absolute Gasteiger partial charge is 0.487 e. The van der Waals surface area contributed by atoms with Crippen molar-refractivity contribution in [3.63, 3.8) is 0 Å². The SMILES string of the molecule is C=CS/C(=C\C)c1cc(C)nc2c(OCc3c(Cl)cncc3Cl)cccc12. The number of benzene rings is 1. The van der Waals surface area contributed by atoms with Gasteiger partial charge in [-0.2, -0.15) is 0 Å². The van der Waals surface area contributed by atoms with E-state index < -0.39 is 0 Å². The number of nitrogens with zero attached hydrogens (tertiary/aromatic N) is 2. The lowest BCUT2D eigenvalue weighted by Gasteiger charge is -2.14. The fraction of sp³-hybridized carbons (Fsp3) is 0.143. The maximum Gasteiger partial charge on any atom is 0.146 e. The van der Waals surface area contributed by atoms with E-state index in [0.717, 1.165) is 27.1 Å². The van der Waals surface area contributed by atoms with Gasteiger partial charge in [-0.3, -0.25) is 4.98 Å². The summed E-state index contributed by atoms with van der Waals surface area (Å²) in [6.45, 7) is 8.05. The molecule has 3 nitrogen and oxygen atoms in total. The number of thioether (sulfide) groups is 1. The molecule has 0 N–H and O–H groups in total. The van der Waals surface area contributed by atoms with Gasteiger partial charge in [0.25, 0.3) is 0 Å². The van der Waals surface area contributed by atoms with Crippen LogP contribution in [0.1, 0.15) is 23.7 Å². The lowest BCUT2D eigenvalue weighted by molar-refractivity contribution is 0.309. The van der Waals surface area contributed by atoms with Gasteiger partial charge in [0.05, 0.1) is 10.0 Å². The Morgan fingerprint density at radius 2 is 2.00 bits per heavy atom. The standard InChI is InChI=1S/C21H18Cl2N2OS/c1-4-20(27-5-2)15-9-13(3)25-21-14(15)7-6-8-19(21)26-12-16-17(22)10-24-11-18(16)23/h4-11H,2,12H2,1,3H3/b20-4-. The molecular weight excluding hydrogens is 399 g/mol. The molecule has 0 saturated carbocycles. The van der Waals surface area contributed by atoms with Crippen LogP contribution >= 0.6 is 35.0 Å². The lowest BCUT2D eigenvalue weighted by Crippen LogP contribution is -2.00. The van der Waals surface area contributed by atoms with Gasteiger partial charge >= 0.3 is 0 Å². The molecule has 0 unspecified atom stereocenters. The summed E-state index contributed by atoms with van der Waals surface area (Å²) < 4.78 is 6.04. The van der Waals surface area contributed by atoms with Crippen LogP contribution in [0.5, 0.6) is 5.75 Å². The summed E-state index contributed by atoms with van der Waals surface area (Å²) in [4.78, 5) is 9.80. The van der Waals surface area contributed by atoms with Crippen molar-refractivity contribution in [2.24, 2.45) is 0 Å². The van der Waals surface area contributed by atoms with Crippen molar-refractivity contribution in [1.29, 1.82) is 0 Å². The quantitative estimate of drug-likeness (QED) is 0.430. The van der Waals surface area contributed by atoms with Crippen molar-refractivity contribution < 1.29 is 4.74 Å². The Morgan fingerprint density at radius 3 is 2.67 bits per heavy atom. The molecule has 3 rings (SSSR count). The highest BCUT2D eigenvalue weighted by atomic mass is 35.5. The number of ether oxygens (including phenoxy) is 1. The summed E-state index contributed by atoms with van der Waals surface area (Å²) in [6.07, 6.45) is 5.19. The van der Waals surface area contributed by atoms with E-state index in [0.29, 0.717) is 21.4 Å². The van der Waals surface area contributed by atoms with Crippen LogP contribution in [0.15, 0.2) is 54.7 Å². The van der Waals surface area contributed by atoms with Gasteiger partial charge in [-0.15, -0.1) is 0 Å². The van der Waals surface area contributed by atoms with E-state index in [1.165, 1.54) is 0 Å². The van der Waals surface area contributed by atoms with Crippen LogP contribution in [0.4, 0.5) is 0 Å². The molecule has 0 bridgehead atoms. The Morgan fingerprint density at radius 1 is 1.26 bits per heavy atom. The molecule has 0 aliphatic rings. The molecule has 3 aromatic rings. The number of hydrogen-bond acceptors (Lipinski definition) is 4.